The van der Waals surface area contributed by atoms with Crippen molar-refractivity contribution in [1.29, 1.82) is 0 Å². The van der Waals surface area contributed by atoms with Crippen LogP contribution < -0.4 is 5.32 Å². The topological polar surface area (TPSA) is 92.2 Å². The van der Waals surface area contributed by atoms with E-state index in [1.54, 1.807) is 0 Å². The number of hydrogen-bond donors (Lipinski definition) is 2. The highest BCUT2D eigenvalue weighted by Gasteiger charge is 2.43. The molecule has 0 spiro atoms. The van der Waals surface area contributed by atoms with E-state index >= 15 is 0 Å². The van der Waals surface area contributed by atoms with E-state index in [1.165, 1.54) is 0 Å². The SMILES string of the molecule is CCc1nnsc1C(=O)NC1(C(=O)O)CCC(CC)CC1. The number of hydrogen-bond acceptors (Lipinski definition) is 5. The molecule has 116 valence electrons. The van der Waals surface area contributed by atoms with Crippen LogP contribution in [0.15, 0.2) is 0 Å². The van der Waals surface area contributed by atoms with Crippen LogP contribution in [0.5, 0.6) is 0 Å². The minimum absolute atomic E-state index is 0.362. The van der Waals surface area contributed by atoms with Crippen LogP contribution >= 0.6 is 11.5 Å². The van der Waals surface area contributed by atoms with Crippen LogP contribution in [0.1, 0.15) is 61.3 Å². The molecule has 0 saturated heterocycles. The Morgan fingerprint density at radius 3 is 2.57 bits per heavy atom. The maximum Gasteiger partial charge on any atom is 0.329 e. The molecule has 1 amide bonds. The van der Waals surface area contributed by atoms with Gasteiger partial charge in [-0.1, -0.05) is 24.8 Å². The van der Waals surface area contributed by atoms with Crippen molar-refractivity contribution in [1.82, 2.24) is 14.9 Å². The first kappa shape index (κ1) is 15.9. The summed E-state index contributed by atoms with van der Waals surface area (Å²) < 4.78 is 3.78. The summed E-state index contributed by atoms with van der Waals surface area (Å²) in [5.41, 5.74) is -0.516. The number of aryl methyl sites for hydroxylation is 1. The van der Waals surface area contributed by atoms with E-state index in [1.807, 2.05) is 6.92 Å². The number of rotatable bonds is 5. The summed E-state index contributed by atoms with van der Waals surface area (Å²) in [7, 11) is 0. The number of aliphatic carboxylic acids is 1. The fourth-order valence-corrected chi connectivity index (χ4v) is 3.50. The van der Waals surface area contributed by atoms with Gasteiger partial charge >= 0.3 is 5.97 Å². The summed E-state index contributed by atoms with van der Waals surface area (Å²) in [6.07, 6.45) is 4.31. The Kier molecular flexibility index (Phi) is 4.92. The summed E-state index contributed by atoms with van der Waals surface area (Å²) >= 11 is 1.02. The molecule has 2 N–H and O–H groups in total. The lowest BCUT2D eigenvalue weighted by molar-refractivity contribution is -0.146. The third kappa shape index (κ3) is 3.23. The Hall–Kier alpha value is -1.50. The Balaban J connectivity index is 2.14. The van der Waals surface area contributed by atoms with Gasteiger partial charge in [-0.25, -0.2) is 4.79 Å². The van der Waals surface area contributed by atoms with Crippen molar-refractivity contribution in [3.05, 3.63) is 10.6 Å². The van der Waals surface area contributed by atoms with Crippen LogP contribution in [0, 0.1) is 5.92 Å². The molecule has 1 aliphatic rings. The molecule has 1 aliphatic carbocycles. The van der Waals surface area contributed by atoms with Crippen LogP contribution in [0.4, 0.5) is 0 Å². The number of nitrogens with one attached hydrogen (secondary N) is 1. The zero-order valence-electron chi connectivity index (χ0n) is 12.4. The maximum absolute atomic E-state index is 12.4. The van der Waals surface area contributed by atoms with Crippen molar-refractivity contribution in [3.63, 3.8) is 0 Å². The van der Waals surface area contributed by atoms with Crippen LogP contribution in [0.3, 0.4) is 0 Å². The van der Waals surface area contributed by atoms with E-state index in [0.29, 0.717) is 35.8 Å². The predicted molar refractivity (Wildman–Crippen MR) is 79.4 cm³/mol. The molecule has 0 unspecified atom stereocenters. The summed E-state index contributed by atoms with van der Waals surface area (Å²) in [6.45, 7) is 4.01. The third-order valence-corrected chi connectivity index (χ3v) is 5.16. The highest BCUT2D eigenvalue weighted by molar-refractivity contribution is 7.08. The predicted octanol–water partition coefficient (Wildman–Crippen LogP) is 2.25. The fourth-order valence-electron chi connectivity index (χ4n) is 2.86. The van der Waals surface area contributed by atoms with Crippen LogP contribution in [0.25, 0.3) is 0 Å². The molecule has 1 aromatic rings. The van der Waals surface area contributed by atoms with Gasteiger partial charge in [-0.05, 0) is 49.6 Å². The van der Waals surface area contributed by atoms with Gasteiger partial charge in [0, 0.05) is 0 Å². The highest BCUT2D eigenvalue weighted by atomic mass is 32.1. The standard InChI is InChI=1S/C14H21N3O3S/c1-3-9-5-7-14(8-6-9,13(19)20)15-12(18)11-10(4-2)16-17-21-11/h9H,3-8H2,1-2H3,(H,15,18)(H,19,20). The van der Waals surface area contributed by atoms with Gasteiger partial charge < -0.3 is 10.4 Å². The summed E-state index contributed by atoms with van der Waals surface area (Å²) in [6, 6.07) is 0. The van der Waals surface area contributed by atoms with E-state index in [9.17, 15) is 14.7 Å². The third-order valence-electron chi connectivity index (χ3n) is 4.40. The average Bonchev–Trinajstić information content (AvgIpc) is 2.96. The average molecular weight is 311 g/mol. The highest BCUT2D eigenvalue weighted by Crippen LogP contribution is 2.34. The van der Waals surface area contributed by atoms with Crippen molar-refractivity contribution in [2.75, 3.05) is 0 Å². The Morgan fingerprint density at radius 2 is 2.05 bits per heavy atom. The molecule has 21 heavy (non-hydrogen) atoms. The van der Waals surface area contributed by atoms with Crippen LogP contribution in [-0.2, 0) is 11.2 Å². The fraction of sp³-hybridized carbons (Fsp3) is 0.714. The molecule has 6 nitrogen and oxygen atoms in total. The molecular weight excluding hydrogens is 290 g/mol. The van der Waals surface area contributed by atoms with Crippen molar-refractivity contribution < 1.29 is 14.7 Å². The Bertz CT molecular complexity index is 521. The largest absolute Gasteiger partial charge is 0.480 e. The molecule has 1 heterocycles. The van der Waals surface area contributed by atoms with Gasteiger partial charge in [0.15, 0.2) is 0 Å². The van der Waals surface area contributed by atoms with Gasteiger partial charge in [-0.3, -0.25) is 4.79 Å². The second-order valence-electron chi connectivity index (χ2n) is 5.60. The van der Waals surface area contributed by atoms with Gasteiger partial charge in [0.25, 0.3) is 5.91 Å². The molecule has 7 heteroatoms. The molecule has 1 saturated carbocycles. The molecule has 1 aromatic heterocycles. The van der Waals surface area contributed by atoms with Crippen molar-refractivity contribution >= 4 is 23.4 Å². The Morgan fingerprint density at radius 1 is 1.38 bits per heavy atom. The minimum Gasteiger partial charge on any atom is -0.480 e. The summed E-state index contributed by atoms with van der Waals surface area (Å²) in [5.74, 6) is -0.745. The maximum atomic E-state index is 12.4. The van der Waals surface area contributed by atoms with E-state index in [0.717, 1.165) is 30.8 Å². The molecule has 0 aliphatic heterocycles. The van der Waals surface area contributed by atoms with Gasteiger partial charge in [-0.2, -0.15) is 0 Å². The monoisotopic (exact) mass is 311 g/mol. The van der Waals surface area contributed by atoms with E-state index in [4.69, 9.17) is 0 Å². The molecule has 0 bridgehead atoms. The number of carbonyl (C=O) groups is 2. The number of nitrogens with zero attached hydrogens (tertiary/aromatic N) is 2. The van der Waals surface area contributed by atoms with Gasteiger partial charge in [-0.15, -0.1) is 5.10 Å². The Labute approximate surface area is 128 Å². The van der Waals surface area contributed by atoms with Gasteiger partial charge in [0.1, 0.15) is 10.4 Å². The molecule has 0 radical (unpaired) electrons. The van der Waals surface area contributed by atoms with Crippen LogP contribution in [-0.4, -0.2) is 32.1 Å². The second kappa shape index (κ2) is 6.51. The number of carboxylic acid groups (broad SMARTS) is 1. The molecular formula is C14H21N3O3S. The van der Waals surface area contributed by atoms with Crippen molar-refractivity contribution in [2.45, 2.75) is 57.9 Å². The lowest BCUT2D eigenvalue weighted by atomic mass is 9.75. The number of amides is 1. The first-order chi connectivity index (χ1) is 10.0. The first-order valence-corrected chi connectivity index (χ1v) is 8.17. The molecule has 1 fully saturated rings. The minimum atomic E-state index is -1.14. The molecule has 2 rings (SSSR count). The number of aromatic nitrogens is 2. The van der Waals surface area contributed by atoms with Crippen LogP contribution in [0.2, 0.25) is 0 Å². The van der Waals surface area contributed by atoms with Gasteiger partial charge in [0.2, 0.25) is 0 Å². The molecule has 0 aromatic carbocycles. The zero-order chi connectivity index (χ0) is 15.5. The smallest absolute Gasteiger partial charge is 0.329 e. The second-order valence-corrected chi connectivity index (χ2v) is 6.35. The summed E-state index contributed by atoms with van der Waals surface area (Å²) in [4.78, 5) is 24.5. The summed E-state index contributed by atoms with van der Waals surface area (Å²) in [5, 5.41) is 16.2. The van der Waals surface area contributed by atoms with E-state index in [-0.39, 0.29) is 5.91 Å². The molecule has 0 atom stereocenters. The lowest BCUT2D eigenvalue weighted by Gasteiger charge is -2.37. The van der Waals surface area contributed by atoms with E-state index in [2.05, 4.69) is 21.8 Å². The zero-order valence-corrected chi connectivity index (χ0v) is 13.2. The first-order valence-electron chi connectivity index (χ1n) is 7.39. The van der Waals surface area contributed by atoms with Crippen molar-refractivity contribution in [2.24, 2.45) is 5.92 Å². The number of carboxylic acids is 1. The quantitative estimate of drug-likeness (QED) is 0.870. The van der Waals surface area contributed by atoms with Crippen molar-refractivity contribution in [3.8, 4) is 0 Å². The normalized spacial score (nSPS) is 25.5. The lowest BCUT2D eigenvalue weighted by Crippen LogP contribution is -2.56. The van der Waals surface area contributed by atoms with Gasteiger partial charge in [0.05, 0.1) is 5.69 Å². The van der Waals surface area contributed by atoms with E-state index < -0.39 is 11.5 Å². The number of carbonyl (C=O) groups excluding carboxylic acids is 1.